The first-order chi connectivity index (χ1) is 9.27. The molecule has 0 heterocycles. The Labute approximate surface area is 117 Å². The zero-order valence-electron chi connectivity index (χ0n) is 11.1. The van der Waals surface area contributed by atoms with E-state index in [2.05, 4.69) is 5.32 Å². The van der Waals surface area contributed by atoms with Gasteiger partial charge in [0, 0.05) is 11.4 Å². The number of primary sulfonamides is 1. The van der Waals surface area contributed by atoms with Crippen LogP contribution >= 0.6 is 0 Å². The van der Waals surface area contributed by atoms with E-state index in [0.29, 0.717) is 16.8 Å². The fraction of sp³-hybridized carbons (Fsp3) is 0.143. The molecule has 0 aliphatic heterocycles. The number of nitrogens with two attached hydrogens (primary N) is 1. The Hall–Kier alpha value is -1.92. The third-order valence-corrected chi connectivity index (χ3v) is 3.84. The number of nitrogens with one attached hydrogen (secondary N) is 1. The van der Waals surface area contributed by atoms with E-state index in [-0.39, 0.29) is 10.7 Å². The van der Waals surface area contributed by atoms with Crippen molar-refractivity contribution in [1.82, 2.24) is 0 Å². The third-order valence-electron chi connectivity index (χ3n) is 2.91. The molecule has 3 N–H and O–H groups in total. The number of anilines is 2. The molecular weight excluding hydrogens is 279 g/mol. The van der Waals surface area contributed by atoms with Crippen LogP contribution in [0.3, 0.4) is 0 Å². The molecule has 0 aliphatic carbocycles. The van der Waals surface area contributed by atoms with Crippen LogP contribution in [-0.4, -0.2) is 8.42 Å². The minimum atomic E-state index is -3.69. The van der Waals surface area contributed by atoms with Crippen molar-refractivity contribution in [3.63, 3.8) is 0 Å². The van der Waals surface area contributed by atoms with Crippen molar-refractivity contribution in [1.29, 1.82) is 0 Å². The molecule has 0 saturated carbocycles. The minimum Gasteiger partial charge on any atom is -0.356 e. The number of halogens is 1. The maximum Gasteiger partial charge on any atom is 0.238 e. The van der Waals surface area contributed by atoms with Crippen LogP contribution in [0, 0.1) is 19.7 Å². The van der Waals surface area contributed by atoms with Crippen molar-refractivity contribution in [2.24, 2.45) is 5.14 Å². The van der Waals surface area contributed by atoms with Gasteiger partial charge in [-0.15, -0.1) is 0 Å². The number of aryl methyl sites for hydroxylation is 2. The Bertz CT molecular complexity index is 717. The van der Waals surface area contributed by atoms with Crippen LogP contribution in [0.25, 0.3) is 0 Å². The van der Waals surface area contributed by atoms with Crippen molar-refractivity contribution in [2.45, 2.75) is 18.7 Å². The van der Waals surface area contributed by atoms with Crippen molar-refractivity contribution in [3.8, 4) is 0 Å². The van der Waals surface area contributed by atoms with Gasteiger partial charge in [0.2, 0.25) is 10.0 Å². The lowest BCUT2D eigenvalue weighted by Crippen LogP contribution is -2.11. The first-order valence-electron chi connectivity index (χ1n) is 5.94. The second-order valence-electron chi connectivity index (χ2n) is 4.62. The summed E-state index contributed by atoms with van der Waals surface area (Å²) in [6.07, 6.45) is 0. The van der Waals surface area contributed by atoms with Crippen molar-refractivity contribution in [2.75, 3.05) is 5.32 Å². The Kier molecular flexibility index (Phi) is 3.78. The highest BCUT2D eigenvalue weighted by atomic mass is 32.2. The van der Waals surface area contributed by atoms with E-state index < -0.39 is 10.0 Å². The molecule has 2 rings (SSSR count). The number of hydrogen-bond acceptors (Lipinski definition) is 3. The lowest BCUT2D eigenvalue weighted by molar-refractivity contribution is 0.598. The van der Waals surface area contributed by atoms with Gasteiger partial charge in [-0.2, -0.15) is 0 Å². The van der Waals surface area contributed by atoms with Gasteiger partial charge in [0.25, 0.3) is 0 Å². The Morgan fingerprint density at radius 2 is 1.50 bits per heavy atom. The minimum absolute atomic E-state index is 0.0505. The first-order valence-corrected chi connectivity index (χ1v) is 7.48. The summed E-state index contributed by atoms with van der Waals surface area (Å²) >= 11 is 0. The molecule has 0 aromatic heterocycles. The van der Waals surface area contributed by atoms with E-state index in [1.54, 1.807) is 38.1 Å². The average Bonchev–Trinajstić information content (AvgIpc) is 2.35. The SMILES string of the molecule is Cc1cc(Nc2ccc(S(N)(=O)=O)cc2)cc(C)c1F. The molecule has 2 aromatic rings. The fourth-order valence-electron chi connectivity index (χ4n) is 1.91. The largest absolute Gasteiger partial charge is 0.356 e. The number of hydrogen-bond donors (Lipinski definition) is 2. The summed E-state index contributed by atoms with van der Waals surface area (Å²) in [4.78, 5) is 0.0505. The molecule has 0 spiro atoms. The van der Waals surface area contributed by atoms with Gasteiger partial charge in [-0.3, -0.25) is 0 Å². The van der Waals surface area contributed by atoms with Crippen LogP contribution in [0.2, 0.25) is 0 Å². The molecule has 0 saturated heterocycles. The Balaban J connectivity index is 2.27. The molecule has 0 fully saturated rings. The molecule has 0 radical (unpaired) electrons. The van der Waals surface area contributed by atoms with Gasteiger partial charge in [-0.25, -0.2) is 17.9 Å². The van der Waals surface area contributed by atoms with Gasteiger partial charge < -0.3 is 5.32 Å². The van der Waals surface area contributed by atoms with Gasteiger partial charge in [0.05, 0.1) is 4.90 Å². The maximum absolute atomic E-state index is 13.5. The predicted molar refractivity (Wildman–Crippen MR) is 77.0 cm³/mol. The molecule has 106 valence electrons. The van der Waals surface area contributed by atoms with Crippen molar-refractivity contribution >= 4 is 21.4 Å². The summed E-state index contributed by atoms with van der Waals surface area (Å²) in [5.74, 6) is -0.222. The predicted octanol–water partition coefficient (Wildman–Crippen LogP) is 2.83. The summed E-state index contributed by atoms with van der Waals surface area (Å²) < 4.78 is 35.8. The fourth-order valence-corrected chi connectivity index (χ4v) is 2.43. The van der Waals surface area contributed by atoms with E-state index in [4.69, 9.17) is 5.14 Å². The molecule has 20 heavy (non-hydrogen) atoms. The van der Waals surface area contributed by atoms with Crippen molar-refractivity contribution in [3.05, 3.63) is 53.3 Å². The molecule has 0 atom stereocenters. The summed E-state index contributed by atoms with van der Waals surface area (Å²) in [5, 5.41) is 8.12. The van der Waals surface area contributed by atoms with Crippen LogP contribution in [-0.2, 0) is 10.0 Å². The first kappa shape index (κ1) is 14.5. The number of sulfonamides is 1. The van der Waals surface area contributed by atoms with E-state index in [9.17, 15) is 12.8 Å². The Morgan fingerprint density at radius 1 is 1.00 bits per heavy atom. The van der Waals surface area contributed by atoms with Gasteiger partial charge in [-0.1, -0.05) is 0 Å². The van der Waals surface area contributed by atoms with Crippen LogP contribution in [0.4, 0.5) is 15.8 Å². The lowest BCUT2D eigenvalue weighted by Gasteiger charge is -2.10. The zero-order chi connectivity index (χ0) is 14.9. The molecular formula is C14H15FN2O2S. The summed E-state index contributed by atoms with van der Waals surface area (Å²) in [6, 6.07) is 9.43. The van der Waals surface area contributed by atoms with Crippen LogP contribution < -0.4 is 10.5 Å². The van der Waals surface area contributed by atoms with Gasteiger partial charge >= 0.3 is 0 Å². The van der Waals surface area contributed by atoms with Crippen LogP contribution in [0.15, 0.2) is 41.3 Å². The van der Waals surface area contributed by atoms with Gasteiger partial charge in [-0.05, 0) is 61.4 Å². The Morgan fingerprint density at radius 3 is 1.95 bits per heavy atom. The van der Waals surface area contributed by atoms with E-state index in [1.165, 1.54) is 12.1 Å². The monoisotopic (exact) mass is 294 g/mol. The topological polar surface area (TPSA) is 72.2 Å². The quantitative estimate of drug-likeness (QED) is 0.914. The van der Waals surface area contributed by atoms with E-state index >= 15 is 0 Å². The molecule has 0 bridgehead atoms. The second-order valence-corrected chi connectivity index (χ2v) is 6.18. The normalized spacial score (nSPS) is 11.4. The summed E-state index contributed by atoms with van der Waals surface area (Å²) in [6.45, 7) is 3.38. The number of benzene rings is 2. The molecule has 0 aliphatic rings. The summed E-state index contributed by atoms with van der Waals surface area (Å²) in [5.41, 5.74) is 2.54. The highest BCUT2D eigenvalue weighted by Crippen LogP contribution is 2.23. The highest BCUT2D eigenvalue weighted by molar-refractivity contribution is 7.89. The molecule has 0 unspecified atom stereocenters. The van der Waals surface area contributed by atoms with E-state index in [1.807, 2.05) is 0 Å². The number of rotatable bonds is 3. The average molecular weight is 294 g/mol. The highest BCUT2D eigenvalue weighted by Gasteiger charge is 2.08. The van der Waals surface area contributed by atoms with E-state index in [0.717, 1.165) is 5.69 Å². The standard InChI is InChI=1S/C14H15FN2O2S/c1-9-7-12(8-10(2)14(9)15)17-11-3-5-13(6-4-11)20(16,18)19/h3-8,17H,1-2H3,(H2,16,18,19). The second kappa shape index (κ2) is 5.22. The van der Waals surface area contributed by atoms with Crippen LogP contribution in [0.5, 0.6) is 0 Å². The third kappa shape index (κ3) is 3.15. The smallest absolute Gasteiger partial charge is 0.238 e. The molecule has 4 nitrogen and oxygen atoms in total. The molecule has 0 amide bonds. The lowest BCUT2D eigenvalue weighted by atomic mass is 10.1. The van der Waals surface area contributed by atoms with Gasteiger partial charge in [0.1, 0.15) is 5.82 Å². The zero-order valence-corrected chi connectivity index (χ0v) is 12.0. The maximum atomic E-state index is 13.5. The molecule has 2 aromatic carbocycles. The van der Waals surface area contributed by atoms with Gasteiger partial charge in [0.15, 0.2) is 0 Å². The van der Waals surface area contributed by atoms with Crippen LogP contribution in [0.1, 0.15) is 11.1 Å². The van der Waals surface area contributed by atoms with Crippen molar-refractivity contribution < 1.29 is 12.8 Å². The molecule has 6 heteroatoms. The summed E-state index contributed by atoms with van der Waals surface area (Å²) in [7, 11) is -3.69.